The van der Waals surface area contributed by atoms with Crippen molar-refractivity contribution < 1.29 is 19.4 Å². The van der Waals surface area contributed by atoms with E-state index in [0.29, 0.717) is 0 Å². The van der Waals surface area contributed by atoms with E-state index in [2.05, 4.69) is 10.1 Å². The molecule has 0 saturated carbocycles. The Bertz CT molecular complexity index is 208. The molecule has 0 bridgehead atoms. The molecule has 1 aliphatic rings. The van der Waals surface area contributed by atoms with Gasteiger partial charge in [0, 0.05) is 7.11 Å². The Labute approximate surface area is 103 Å². The van der Waals surface area contributed by atoms with Gasteiger partial charge in [0.05, 0.1) is 6.04 Å². The van der Waals surface area contributed by atoms with Gasteiger partial charge in [0.2, 0.25) is 0 Å². The second kappa shape index (κ2) is 10.0. The number of amides is 1. The molecule has 6 heteroatoms. The maximum atomic E-state index is 10.0. The lowest BCUT2D eigenvalue weighted by atomic mass is 10.2. The molecule has 1 heterocycles. The van der Waals surface area contributed by atoms with Crippen molar-refractivity contribution in [2.45, 2.75) is 45.3 Å². The van der Waals surface area contributed by atoms with E-state index in [4.69, 9.17) is 10.8 Å². The topological polar surface area (TPSA) is 102 Å². The molecule has 0 aliphatic carbocycles. The summed E-state index contributed by atoms with van der Waals surface area (Å²) in [7, 11) is 1.00. The second-order valence-corrected chi connectivity index (χ2v) is 4.37. The number of hydrogen-bond acceptors (Lipinski definition) is 5. The Hall–Kier alpha value is -1.14. The molecule has 1 unspecified atom stereocenters. The van der Waals surface area contributed by atoms with Crippen LogP contribution in [0.1, 0.15) is 33.6 Å². The van der Waals surface area contributed by atoms with E-state index >= 15 is 0 Å². The molecule has 0 aromatic carbocycles. The summed E-state index contributed by atoms with van der Waals surface area (Å²) in [4.78, 5) is 20.0. The molecule has 1 aliphatic heterocycles. The Balaban J connectivity index is 0. The van der Waals surface area contributed by atoms with Crippen LogP contribution in [-0.2, 0) is 9.53 Å². The molecule has 102 valence electrons. The molecule has 17 heavy (non-hydrogen) atoms. The fourth-order valence-electron chi connectivity index (χ4n) is 1.13. The highest BCUT2D eigenvalue weighted by molar-refractivity contribution is 5.65. The molecule has 0 aromatic rings. The van der Waals surface area contributed by atoms with Crippen molar-refractivity contribution in [3.05, 3.63) is 0 Å². The largest absolute Gasteiger partial charge is 0.444 e. The number of hydrogen-bond donors (Lipinski definition) is 3. The number of aldehydes is 1. The third kappa shape index (κ3) is 14.9. The Kier molecular flexibility index (Phi) is 10.8. The Morgan fingerprint density at radius 1 is 1.47 bits per heavy atom. The van der Waals surface area contributed by atoms with Crippen LogP contribution in [0.3, 0.4) is 0 Å². The lowest BCUT2D eigenvalue weighted by Gasteiger charge is -2.16. The van der Waals surface area contributed by atoms with Gasteiger partial charge in [0.1, 0.15) is 11.9 Å². The van der Waals surface area contributed by atoms with E-state index in [1.165, 1.54) is 0 Å². The van der Waals surface area contributed by atoms with Crippen LogP contribution in [-0.4, -0.2) is 42.8 Å². The quantitative estimate of drug-likeness (QED) is 0.584. The van der Waals surface area contributed by atoms with Gasteiger partial charge >= 0.3 is 6.09 Å². The summed E-state index contributed by atoms with van der Waals surface area (Å²) in [5, 5.41) is 10.0. The molecule has 0 aromatic heterocycles. The number of nitrogens with one attached hydrogen (secondary N) is 1. The monoisotopic (exact) mass is 248 g/mol. The van der Waals surface area contributed by atoms with Gasteiger partial charge < -0.3 is 25.7 Å². The van der Waals surface area contributed by atoms with Crippen molar-refractivity contribution in [3.63, 3.8) is 0 Å². The minimum Gasteiger partial charge on any atom is -0.444 e. The Morgan fingerprint density at radius 2 is 2.00 bits per heavy atom. The lowest BCUT2D eigenvalue weighted by molar-refractivity contribution is -0.109. The number of carbonyl (C=O) groups is 2. The fraction of sp³-hybridized carbons (Fsp3) is 0.818. The number of aliphatic hydroxyl groups is 1. The molecule has 1 saturated heterocycles. The highest BCUT2D eigenvalue weighted by Crippen LogP contribution is 2.04. The first-order valence-corrected chi connectivity index (χ1v) is 5.47. The number of nitrogens with two attached hydrogens (primary N) is 1. The molecule has 1 rings (SSSR count). The van der Waals surface area contributed by atoms with Gasteiger partial charge in [-0.2, -0.15) is 0 Å². The van der Waals surface area contributed by atoms with E-state index in [9.17, 15) is 9.59 Å². The van der Waals surface area contributed by atoms with E-state index in [-0.39, 0.29) is 6.04 Å². The summed E-state index contributed by atoms with van der Waals surface area (Å²) in [5.41, 5.74) is 4.26. The van der Waals surface area contributed by atoms with E-state index in [0.717, 1.165) is 32.8 Å². The molecule has 1 atom stereocenters. The zero-order chi connectivity index (χ0) is 13.9. The summed E-state index contributed by atoms with van der Waals surface area (Å²) in [6, 6.07) is 0.167. The van der Waals surface area contributed by atoms with Crippen LogP contribution in [0.4, 0.5) is 4.79 Å². The first-order valence-electron chi connectivity index (χ1n) is 5.47. The SMILES string of the molecule is CC(C)(C)OC(N)=O.CO.O=CC1CCCN1. The maximum Gasteiger partial charge on any atom is 0.405 e. The van der Waals surface area contributed by atoms with Crippen LogP contribution in [0.5, 0.6) is 0 Å². The molecular formula is C11H24N2O4. The van der Waals surface area contributed by atoms with Crippen molar-refractivity contribution in [1.82, 2.24) is 5.32 Å². The minimum absolute atomic E-state index is 0.167. The van der Waals surface area contributed by atoms with Crippen molar-refractivity contribution in [2.24, 2.45) is 5.73 Å². The van der Waals surface area contributed by atoms with Gasteiger partial charge in [-0.1, -0.05) is 0 Å². The van der Waals surface area contributed by atoms with E-state index < -0.39 is 11.7 Å². The number of primary amides is 1. The smallest absolute Gasteiger partial charge is 0.405 e. The molecular weight excluding hydrogens is 224 g/mol. The highest BCUT2D eigenvalue weighted by Gasteiger charge is 2.12. The van der Waals surface area contributed by atoms with Crippen LogP contribution in [0.15, 0.2) is 0 Å². The van der Waals surface area contributed by atoms with E-state index in [1.807, 2.05) is 0 Å². The first kappa shape index (κ1) is 18.2. The predicted molar refractivity (Wildman–Crippen MR) is 65.7 cm³/mol. The second-order valence-electron chi connectivity index (χ2n) is 4.37. The summed E-state index contributed by atoms with van der Waals surface area (Å²) < 4.78 is 4.58. The van der Waals surface area contributed by atoms with Crippen molar-refractivity contribution in [2.75, 3.05) is 13.7 Å². The van der Waals surface area contributed by atoms with Gasteiger partial charge in [-0.15, -0.1) is 0 Å². The number of ether oxygens (including phenoxy) is 1. The van der Waals surface area contributed by atoms with Crippen molar-refractivity contribution >= 4 is 12.4 Å². The molecule has 6 nitrogen and oxygen atoms in total. The summed E-state index contributed by atoms with van der Waals surface area (Å²) >= 11 is 0. The summed E-state index contributed by atoms with van der Waals surface area (Å²) in [5.74, 6) is 0. The van der Waals surface area contributed by atoms with Crippen LogP contribution in [0, 0.1) is 0 Å². The number of rotatable bonds is 1. The molecule has 4 N–H and O–H groups in total. The minimum atomic E-state index is -0.725. The van der Waals surface area contributed by atoms with Crippen LogP contribution in [0.25, 0.3) is 0 Å². The highest BCUT2D eigenvalue weighted by atomic mass is 16.6. The van der Waals surface area contributed by atoms with Gasteiger partial charge in [0.25, 0.3) is 0 Å². The van der Waals surface area contributed by atoms with E-state index in [1.54, 1.807) is 20.8 Å². The third-order valence-electron chi connectivity index (χ3n) is 1.67. The standard InChI is InChI=1S/C5H11NO2.C5H9NO.CH4O/c1-5(2,3)8-4(6)7;7-4-5-2-1-3-6-5;1-2/h1-3H3,(H2,6,7);4-6H,1-3H2;2H,1H3. The van der Waals surface area contributed by atoms with Crippen molar-refractivity contribution in [1.29, 1.82) is 0 Å². The third-order valence-corrected chi connectivity index (χ3v) is 1.67. The van der Waals surface area contributed by atoms with Gasteiger partial charge in [-0.05, 0) is 40.2 Å². The average Bonchev–Trinajstić information content (AvgIpc) is 2.70. The lowest BCUT2D eigenvalue weighted by Crippen LogP contribution is -2.27. The predicted octanol–water partition coefficient (Wildman–Crippen LogP) is 0.426. The van der Waals surface area contributed by atoms with Crippen LogP contribution >= 0.6 is 0 Å². The normalized spacial score (nSPS) is 18.1. The molecule has 0 radical (unpaired) electrons. The fourth-order valence-corrected chi connectivity index (χ4v) is 1.13. The van der Waals surface area contributed by atoms with Crippen LogP contribution in [0.2, 0.25) is 0 Å². The zero-order valence-corrected chi connectivity index (χ0v) is 11.0. The Morgan fingerprint density at radius 3 is 2.12 bits per heavy atom. The summed E-state index contributed by atoms with van der Waals surface area (Å²) in [6.07, 6.45) is 2.44. The van der Waals surface area contributed by atoms with Gasteiger partial charge in [-0.3, -0.25) is 0 Å². The molecule has 0 spiro atoms. The molecule has 1 amide bonds. The zero-order valence-electron chi connectivity index (χ0n) is 11.0. The average molecular weight is 248 g/mol. The number of carbonyl (C=O) groups excluding carboxylic acids is 2. The maximum absolute atomic E-state index is 10.0. The summed E-state index contributed by atoms with van der Waals surface area (Å²) in [6.45, 7) is 6.30. The van der Waals surface area contributed by atoms with Gasteiger partial charge in [-0.25, -0.2) is 4.79 Å². The number of aliphatic hydroxyl groups excluding tert-OH is 1. The first-order chi connectivity index (χ1) is 7.85. The van der Waals surface area contributed by atoms with Crippen molar-refractivity contribution in [3.8, 4) is 0 Å². The van der Waals surface area contributed by atoms with Gasteiger partial charge in [0.15, 0.2) is 0 Å². The van der Waals surface area contributed by atoms with Crippen LogP contribution < -0.4 is 11.1 Å². The molecule has 1 fully saturated rings.